The fourth-order valence-corrected chi connectivity index (χ4v) is 3.25. The molecule has 2 N–H and O–H groups in total. The Morgan fingerprint density at radius 1 is 1.35 bits per heavy atom. The van der Waals surface area contributed by atoms with Gasteiger partial charge in [-0.25, -0.2) is 0 Å². The van der Waals surface area contributed by atoms with E-state index in [0.29, 0.717) is 11.7 Å². The van der Waals surface area contributed by atoms with Crippen molar-refractivity contribution in [2.45, 2.75) is 38.6 Å². The standard InChI is InChI=1S/C18H28N6O2/c1-14-22-17(26-23-14)8-5-9-20-18(19-2)21-13-15(16-7-6-12-25-16)24-10-3-4-11-24/h6-7,12,15H,3-5,8-11,13H2,1-2H3,(H2,19,20,21). The molecular formula is C18H28N6O2. The third kappa shape index (κ3) is 5.08. The molecule has 0 aromatic carbocycles. The molecule has 8 nitrogen and oxygen atoms in total. The third-order valence-electron chi connectivity index (χ3n) is 4.57. The smallest absolute Gasteiger partial charge is 0.226 e. The van der Waals surface area contributed by atoms with Gasteiger partial charge in [-0.2, -0.15) is 4.98 Å². The van der Waals surface area contributed by atoms with Crippen LogP contribution in [0, 0.1) is 6.92 Å². The van der Waals surface area contributed by atoms with Crippen LogP contribution in [-0.4, -0.2) is 54.2 Å². The Hall–Kier alpha value is -2.35. The number of aliphatic imine (C=N–C) groups is 1. The molecule has 142 valence electrons. The van der Waals surface area contributed by atoms with E-state index in [1.54, 1.807) is 13.3 Å². The van der Waals surface area contributed by atoms with Crippen LogP contribution in [0.15, 0.2) is 32.3 Å². The molecule has 26 heavy (non-hydrogen) atoms. The predicted molar refractivity (Wildman–Crippen MR) is 99.0 cm³/mol. The van der Waals surface area contributed by atoms with Crippen molar-refractivity contribution in [1.29, 1.82) is 0 Å². The second-order valence-corrected chi connectivity index (χ2v) is 6.49. The highest BCUT2D eigenvalue weighted by molar-refractivity contribution is 5.79. The second-order valence-electron chi connectivity index (χ2n) is 6.49. The molecule has 8 heteroatoms. The van der Waals surface area contributed by atoms with Crippen LogP contribution in [0.25, 0.3) is 0 Å². The van der Waals surface area contributed by atoms with Crippen molar-refractivity contribution < 1.29 is 8.94 Å². The molecule has 1 saturated heterocycles. The number of guanidine groups is 1. The number of rotatable bonds is 8. The summed E-state index contributed by atoms with van der Waals surface area (Å²) in [6.07, 6.45) is 5.90. The quantitative estimate of drug-likeness (QED) is 0.422. The van der Waals surface area contributed by atoms with E-state index in [1.165, 1.54) is 12.8 Å². The summed E-state index contributed by atoms with van der Waals surface area (Å²) < 4.78 is 10.8. The minimum Gasteiger partial charge on any atom is -0.468 e. The molecule has 2 aromatic rings. The molecule has 0 bridgehead atoms. The average Bonchev–Trinajstić information content (AvgIpc) is 3.40. The first kappa shape index (κ1) is 18.4. The van der Waals surface area contributed by atoms with Gasteiger partial charge in [0.15, 0.2) is 11.8 Å². The van der Waals surface area contributed by atoms with Gasteiger partial charge in [0.1, 0.15) is 5.76 Å². The highest BCUT2D eigenvalue weighted by Gasteiger charge is 2.25. The molecule has 2 aromatic heterocycles. The Morgan fingerprint density at radius 2 is 2.19 bits per heavy atom. The number of likely N-dealkylation sites (tertiary alicyclic amines) is 1. The molecule has 1 aliphatic rings. The molecule has 3 heterocycles. The number of aryl methyl sites for hydroxylation is 2. The van der Waals surface area contributed by atoms with E-state index in [9.17, 15) is 0 Å². The zero-order chi connectivity index (χ0) is 18.2. The lowest BCUT2D eigenvalue weighted by molar-refractivity contribution is 0.215. The monoisotopic (exact) mass is 360 g/mol. The molecule has 0 saturated carbocycles. The number of furan rings is 1. The minimum absolute atomic E-state index is 0.229. The van der Waals surface area contributed by atoms with Gasteiger partial charge in [-0.3, -0.25) is 9.89 Å². The van der Waals surface area contributed by atoms with E-state index >= 15 is 0 Å². The largest absolute Gasteiger partial charge is 0.468 e. The molecule has 0 amide bonds. The molecule has 0 spiro atoms. The topological polar surface area (TPSA) is 91.7 Å². The first-order valence-electron chi connectivity index (χ1n) is 9.27. The Kier molecular flexibility index (Phi) is 6.65. The summed E-state index contributed by atoms with van der Waals surface area (Å²) in [6.45, 7) is 5.60. The van der Waals surface area contributed by atoms with Crippen molar-refractivity contribution in [3.05, 3.63) is 35.9 Å². The molecule has 1 fully saturated rings. The highest BCUT2D eigenvalue weighted by atomic mass is 16.5. The van der Waals surface area contributed by atoms with Gasteiger partial charge in [0.05, 0.1) is 12.3 Å². The number of aromatic nitrogens is 2. The van der Waals surface area contributed by atoms with Gasteiger partial charge < -0.3 is 19.6 Å². The molecule has 1 unspecified atom stereocenters. The maximum absolute atomic E-state index is 5.66. The summed E-state index contributed by atoms with van der Waals surface area (Å²) in [4.78, 5) is 11.0. The van der Waals surface area contributed by atoms with Crippen molar-refractivity contribution in [2.24, 2.45) is 4.99 Å². The molecule has 1 atom stereocenters. The van der Waals surface area contributed by atoms with Crippen LogP contribution in [0.5, 0.6) is 0 Å². The summed E-state index contributed by atoms with van der Waals surface area (Å²) in [5, 5.41) is 10.6. The van der Waals surface area contributed by atoms with Gasteiger partial charge in [-0.1, -0.05) is 5.16 Å². The van der Waals surface area contributed by atoms with Crippen molar-refractivity contribution in [1.82, 2.24) is 25.7 Å². The first-order chi connectivity index (χ1) is 12.8. The van der Waals surface area contributed by atoms with E-state index in [0.717, 1.165) is 50.7 Å². The lowest BCUT2D eigenvalue weighted by Gasteiger charge is -2.26. The Morgan fingerprint density at radius 3 is 2.85 bits per heavy atom. The van der Waals surface area contributed by atoms with Crippen LogP contribution in [-0.2, 0) is 6.42 Å². The predicted octanol–water partition coefficient (Wildman–Crippen LogP) is 1.91. The maximum atomic E-state index is 5.66. The maximum Gasteiger partial charge on any atom is 0.226 e. The van der Waals surface area contributed by atoms with Crippen LogP contribution in [0.1, 0.15) is 42.8 Å². The summed E-state index contributed by atoms with van der Waals surface area (Å²) >= 11 is 0. The van der Waals surface area contributed by atoms with Crippen LogP contribution < -0.4 is 10.6 Å². The number of nitrogens with one attached hydrogen (secondary N) is 2. The zero-order valence-corrected chi connectivity index (χ0v) is 15.6. The Bertz CT molecular complexity index is 676. The van der Waals surface area contributed by atoms with Crippen LogP contribution in [0.3, 0.4) is 0 Å². The van der Waals surface area contributed by atoms with E-state index < -0.39 is 0 Å². The van der Waals surface area contributed by atoms with Crippen molar-refractivity contribution >= 4 is 5.96 Å². The molecule has 3 rings (SSSR count). The highest BCUT2D eigenvalue weighted by Crippen LogP contribution is 2.24. The number of hydrogen-bond donors (Lipinski definition) is 2. The van der Waals surface area contributed by atoms with Crippen molar-refractivity contribution in [3.8, 4) is 0 Å². The molecule has 1 aliphatic heterocycles. The van der Waals surface area contributed by atoms with Gasteiger partial charge >= 0.3 is 0 Å². The van der Waals surface area contributed by atoms with Gasteiger partial charge in [0, 0.05) is 26.6 Å². The first-order valence-corrected chi connectivity index (χ1v) is 9.27. The number of nitrogens with zero attached hydrogens (tertiary/aromatic N) is 4. The zero-order valence-electron chi connectivity index (χ0n) is 15.6. The van der Waals surface area contributed by atoms with E-state index in [4.69, 9.17) is 8.94 Å². The average molecular weight is 360 g/mol. The summed E-state index contributed by atoms with van der Waals surface area (Å²) in [5.74, 6) is 3.15. The van der Waals surface area contributed by atoms with Crippen molar-refractivity contribution in [3.63, 3.8) is 0 Å². The molecular weight excluding hydrogens is 332 g/mol. The third-order valence-corrected chi connectivity index (χ3v) is 4.57. The lowest BCUT2D eigenvalue weighted by atomic mass is 10.2. The van der Waals surface area contributed by atoms with Gasteiger partial charge in [0.2, 0.25) is 5.89 Å². The van der Waals surface area contributed by atoms with E-state index in [2.05, 4.69) is 30.7 Å². The lowest BCUT2D eigenvalue weighted by Crippen LogP contribution is -2.42. The number of hydrogen-bond acceptors (Lipinski definition) is 6. The Labute approximate surface area is 154 Å². The summed E-state index contributed by atoms with van der Waals surface area (Å²) in [7, 11) is 1.79. The van der Waals surface area contributed by atoms with Gasteiger partial charge in [-0.15, -0.1) is 0 Å². The Balaban J connectivity index is 1.44. The molecule has 0 radical (unpaired) electrons. The second kappa shape index (κ2) is 9.38. The van der Waals surface area contributed by atoms with Gasteiger partial charge in [0.25, 0.3) is 0 Å². The van der Waals surface area contributed by atoms with Gasteiger partial charge in [-0.05, 0) is 51.4 Å². The van der Waals surface area contributed by atoms with Crippen LogP contribution in [0.4, 0.5) is 0 Å². The van der Waals surface area contributed by atoms with Crippen LogP contribution in [0.2, 0.25) is 0 Å². The summed E-state index contributed by atoms with van der Waals surface area (Å²) in [5.41, 5.74) is 0. The van der Waals surface area contributed by atoms with E-state index in [1.807, 2.05) is 19.1 Å². The normalized spacial score (nSPS) is 16.8. The SMILES string of the molecule is CN=C(NCCCc1nc(C)no1)NCC(c1ccco1)N1CCCC1. The van der Waals surface area contributed by atoms with E-state index in [-0.39, 0.29) is 6.04 Å². The van der Waals surface area contributed by atoms with Crippen molar-refractivity contribution in [2.75, 3.05) is 33.2 Å². The molecule has 0 aliphatic carbocycles. The van der Waals surface area contributed by atoms with Crippen LogP contribution >= 0.6 is 0 Å². The fraction of sp³-hybridized carbons (Fsp3) is 0.611. The fourth-order valence-electron chi connectivity index (χ4n) is 3.25. The minimum atomic E-state index is 0.229. The summed E-state index contributed by atoms with van der Waals surface area (Å²) in [6, 6.07) is 4.23.